The molecule has 5 heteroatoms. The molecule has 0 aliphatic carbocycles. The van der Waals surface area contributed by atoms with Crippen LogP contribution in [0.25, 0.3) is 0 Å². The van der Waals surface area contributed by atoms with E-state index in [2.05, 4.69) is 20.9 Å². The van der Waals surface area contributed by atoms with E-state index in [1.165, 1.54) is 23.5 Å². The van der Waals surface area contributed by atoms with Gasteiger partial charge in [0.25, 0.3) is 0 Å². The number of benzene rings is 1. The van der Waals surface area contributed by atoms with Crippen molar-refractivity contribution in [2.45, 2.75) is 6.42 Å². The molecule has 0 atom stereocenters. The molecule has 2 aromatic rings. The molecular formula is C11H7BrFNOS. The van der Waals surface area contributed by atoms with E-state index in [1.807, 2.05) is 0 Å². The van der Waals surface area contributed by atoms with Gasteiger partial charge in [-0.05, 0) is 18.2 Å². The molecule has 0 N–H and O–H groups in total. The average Bonchev–Trinajstić information content (AvgIpc) is 2.70. The highest BCUT2D eigenvalue weighted by Gasteiger charge is 2.13. The van der Waals surface area contributed by atoms with Crippen molar-refractivity contribution in [2.75, 3.05) is 0 Å². The number of hydrogen-bond donors (Lipinski definition) is 0. The second-order valence-corrected chi connectivity index (χ2v) is 5.08. The Balaban J connectivity index is 2.21. The Morgan fingerprint density at radius 2 is 2.31 bits per heavy atom. The molecule has 1 heterocycles. The Morgan fingerprint density at radius 1 is 1.50 bits per heavy atom. The topological polar surface area (TPSA) is 30.0 Å². The smallest absolute Gasteiger partial charge is 0.171 e. The minimum Gasteiger partial charge on any atom is -0.294 e. The van der Waals surface area contributed by atoms with Crippen molar-refractivity contribution in [2.24, 2.45) is 0 Å². The van der Waals surface area contributed by atoms with Gasteiger partial charge < -0.3 is 0 Å². The summed E-state index contributed by atoms with van der Waals surface area (Å²) in [5.74, 6) is -0.724. The first-order valence-corrected chi connectivity index (χ1v) is 6.19. The fourth-order valence-electron chi connectivity index (χ4n) is 1.30. The van der Waals surface area contributed by atoms with Crippen molar-refractivity contribution < 1.29 is 9.18 Å². The molecule has 1 aromatic carbocycles. The summed E-state index contributed by atoms with van der Waals surface area (Å²) in [6.07, 6.45) is 1.82. The largest absolute Gasteiger partial charge is 0.294 e. The lowest BCUT2D eigenvalue weighted by atomic mass is 10.1. The van der Waals surface area contributed by atoms with Crippen LogP contribution in [0.5, 0.6) is 0 Å². The van der Waals surface area contributed by atoms with E-state index in [-0.39, 0.29) is 17.8 Å². The lowest BCUT2D eigenvalue weighted by molar-refractivity contribution is 0.0990. The second kappa shape index (κ2) is 4.84. The zero-order valence-electron chi connectivity index (χ0n) is 8.11. The lowest BCUT2D eigenvalue weighted by Gasteiger charge is -2.01. The van der Waals surface area contributed by atoms with E-state index in [4.69, 9.17) is 0 Å². The van der Waals surface area contributed by atoms with Crippen molar-refractivity contribution in [3.05, 3.63) is 50.6 Å². The normalized spacial score (nSPS) is 10.4. The van der Waals surface area contributed by atoms with Gasteiger partial charge in [-0.1, -0.05) is 15.9 Å². The van der Waals surface area contributed by atoms with Crippen LogP contribution in [0.1, 0.15) is 15.2 Å². The third kappa shape index (κ3) is 2.54. The zero-order valence-corrected chi connectivity index (χ0v) is 10.5. The van der Waals surface area contributed by atoms with Gasteiger partial charge in [0.15, 0.2) is 5.78 Å². The van der Waals surface area contributed by atoms with Crippen LogP contribution in [0, 0.1) is 5.82 Å². The van der Waals surface area contributed by atoms with Gasteiger partial charge in [0, 0.05) is 22.0 Å². The molecule has 1 aromatic heterocycles. The van der Waals surface area contributed by atoms with Crippen LogP contribution in [0.4, 0.5) is 4.39 Å². The van der Waals surface area contributed by atoms with Crippen LogP contribution < -0.4 is 0 Å². The van der Waals surface area contributed by atoms with Crippen LogP contribution in [0.3, 0.4) is 0 Å². The van der Waals surface area contributed by atoms with Crippen LogP contribution in [0.15, 0.2) is 34.4 Å². The minimum absolute atomic E-state index is 0.122. The van der Waals surface area contributed by atoms with Gasteiger partial charge in [-0.15, -0.1) is 11.3 Å². The third-order valence-electron chi connectivity index (χ3n) is 2.05. The molecule has 2 rings (SSSR count). The van der Waals surface area contributed by atoms with E-state index in [1.54, 1.807) is 17.8 Å². The summed E-state index contributed by atoms with van der Waals surface area (Å²) in [5.41, 5.74) is 1.78. The van der Waals surface area contributed by atoms with E-state index in [0.717, 1.165) is 4.88 Å². The van der Waals surface area contributed by atoms with Crippen LogP contribution >= 0.6 is 27.3 Å². The first-order valence-electron chi connectivity index (χ1n) is 4.52. The predicted octanol–water partition coefficient (Wildman–Crippen LogP) is 3.47. The van der Waals surface area contributed by atoms with Gasteiger partial charge in [-0.25, -0.2) is 4.39 Å². The molecule has 0 fully saturated rings. The SMILES string of the molecule is O=C(Cc1cncs1)c1ccc(Br)cc1F. The molecular weight excluding hydrogens is 293 g/mol. The number of Topliss-reactive ketones (excluding diaryl/α,β-unsaturated/α-hetero) is 1. The summed E-state index contributed by atoms with van der Waals surface area (Å²) in [4.78, 5) is 16.5. The van der Waals surface area contributed by atoms with Gasteiger partial charge >= 0.3 is 0 Å². The Morgan fingerprint density at radius 3 is 2.94 bits per heavy atom. The van der Waals surface area contributed by atoms with Crippen molar-refractivity contribution >= 4 is 33.0 Å². The number of rotatable bonds is 3. The minimum atomic E-state index is -0.496. The van der Waals surface area contributed by atoms with Gasteiger partial charge in [-0.2, -0.15) is 0 Å². The fourth-order valence-corrected chi connectivity index (χ4v) is 2.22. The van der Waals surface area contributed by atoms with Crippen LogP contribution in [-0.4, -0.2) is 10.8 Å². The molecule has 0 radical (unpaired) electrons. The Bertz CT molecular complexity index is 513. The van der Waals surface area contributed by atoms with E-state index in [9.17, 15) is 9.18 Å². The highest BCUT2D eigenvalue weighted by Crippen LogP contribution is 2.18. The number of ketones is 1. The Hall–Kier alpha value is -1.07. The van der Waals surface area contributed by atoms with Gasteiger partial charge in [0.2, 0.25) is 0 Å². The Kier molecular flexibility index (Phi) is 3.46. The maximum atomic E-state index is 13.5. The average molecular weight is 300 g/mol. The maximum Gasteiger partial charge on any atom is 0.171 e. The van der Waals surface area contributed by atoms with E-state index in [0.29, 0.717) is 4.47 Å². The van der Waals surface area contributed by atoms with Crippen molar-refractivity contribution in [3.8, 4) is 0 Å². The molecule has 2 nitrogen and oxygen atoms in total. The summed E-state index contributed by atoms with van der Waals surface area (Å²) in [6, 6.07) is 4.44. The second-order valence-electron chi connectivity index (χ2n) is 3.19. The fraction of sp³-hybridized carbons (Fsp3) is 0.0909. The van der Waals surface area contributed by atoms with E-state index < -0.39 is 5.82 Å². The molecule has 0 saturated heterocycles. The lowest BCUT2D eigenvalue weighted by Crippen LogP contribution is -2.05. The summed E-state index contributed by atoms with van der Waals surface area (Å²) in [6.45, 7) is 0. The number of carbonyl (C=O) groups excluding carboxylic acids is 1. The molecule has 0 amide bonds. The van der Waals surface area contributed by atoms with Crippen LogP contribution in [-0.2, 0) is 6.42 Å². The van der Waals surface area contributed by atoms with Crippen LogP contribution in [0.2, 0.25) is 0 Å². The van der Waals surface area contributed by atoms with Gasteiger partial charge in [0.1, 0.15) is 5.82 Å². The molecule has 0 aliphatic rings. The van der Waals surface area contributed by atoms with Gasteiger partial charge in [0.05, 0.1) is 11.1 Å². The third-order valence-corrected chi connectivity index (χ3v) is 3.32. The van der Waals surface area contributed by atoms with Crippen molar-refractivity contribution in [1.29, 1.82) is 0 Å². The molecule has 0 saturated carbocycles. The van der Waals surface area contributed by atoms with Crippen molar-refractivity contribution in [3.63, 3.8) is 0 Å². The first kappa shape index (κ1) is 11.4. The summed E-state index contributed by atoms with van der Waals surface area (Å²) < 4.78 is 14.1. The number of aromatic nitrogens is 1. The highest BCUT2D eigenvalue weighted by atomic mass is 79.9. The molecule has 0 spiro atoms. The highest BCUT2D eigenvalue weighted by molar-refractivity contribution is 9.10. The summed E-state index contributed by atoms with van der Waals surface area (Å²) >= 11 is 4.54. The Labute approximate surface area is 104 Å². The number of carbonyl (C=O) groups is 1. The number of hydrogen-bond acceptors (Lipinski definition) is 3. The maximum absolute atomic E-state index is 13.5. The quantitative estimate of drug-likeness (QED) is 0.812. The molecule has 0 bridgehead atoms. The summed E-state index contributed by atoms with van der Waals surface area (Å²) in [5, 5.41) is 0. The number of nitrogens with zero attached hydrogens (tertiary/aromatic N) is 1. The molecule has 16 heavy (non-hydrogen) atoms. The van der Waals surface area contributed by atoms with Crippen molar-refractivity contribution in [1.82, 2.24) is 4.98 Å². The number of halogens is 2. The number of thiazole rings is 1. The van der Waals surface area contributed by atoms with E-state index >= 15 is 0 Å². The van der Waals surface area contributed by atoms with Gasteiger partial charge in [-0.3, -0.25) is 9.78 Å². The molecule has 82 valence electrons. The molecule has 0 aliphatic heterocycles. The monoisotopic (exact) mass is 299 g/mol. The zero-order chi connectivity index (χ0) is 11.5. The standard InChI is InChI=1S/C11H7BrFNOS/c12-7-1-2-9(10(13)3-7)11(15)4-8-5-14-6-16-8/h1-3,5-6H,4H2. The molecule has 0 unspecified atom stereocenters. The first-order chi connectivity index (χ1) is 7.66. The summed E-state index contributed by atoms with van der Waals surface area (Å²) in [7, 11) is 0. The predicted molar refractivity (Wildman–Crippen MR) is 64.2 cm³/mol.